The molecule has 4 rings (SSSR count). The number of methoxy groups -OCH3 is 1. The van der Waals surface area contributed by atoms with Crippen molar-refractivity contribution >= 4 is 33.6 Å². The molecule has 0 aliphatic carbocycles. The van der Waals surface area contributed by atoms with Gasteiger partial charge in [-0.05, 0) is 53.8 Å². The summed E-state index contributed by atoms with van der Waals surface area (Å²) in [5.74, 6) is 0.837. The monoisotopic (exact) mass is 346 g/mol. The first-order valence-electron chi connectivity index (χ1n) is 8.08. The summed E-state index contributed by atoms with van der Waals surface area (Å²) >= 11 is 1.75. The summed E-state index contributed by atoms with van der Waals surface area (Å²) in [6.07, 6.45) is 1.83. The Labute approximate surface area is 150 Å². The zero-order chi connectivity index (χ0) is 17.2. The van der Waals surface area contributed by atoms with Crippen molar-refractivity contribution in [3.05, 3.63) is 71.7 Å². The number of hydrogen-bond donors (Lipinski definition) is 1. The van der Waals surface area contributed by atoms with E-state index < -0.39 is 0 Å². The van der Waals surface area contributed by atoms with Gasteiger partial charge in [-0.1, -0.05) is 18.2 Å². The number of thiophene rings is 1. The Kier molecular flexibility index (Phi) is 4.12. The Morgan fingerprint density at radius 1 is 1.04 bits per heavy atom. The number of nitrogens with one attached hydrogen (secondary N) is 1. The van der Waals surface area contributed by atoms with Gasteiger partial charge in [0.15, 0.2) is 0 Å². The summed E-state index contributed by atoms with van der Waals surface area (Å²) in [5.41, 5.74) is 5.43. The topological polar surface area (TPSA) is 34.1 Å². The fourth-order valence-electron chi connectivity index (χ4n) is 2.87. The lowest BCUT2D eigenvalue weighted by Gasteiger charge is -2.12. The molecule has 25 heavy (non-hydrogen) atoms. The number of rotatable bonds is 4. The van der Waals surface area contributed by atoms with Crippen LogP contribution in [0.3, 0.4) is 0 Å². The molecule has 0 spiro atoms. The first-order valence-corrected chi connectivity index (χ1v) is 8.96. The van der Waals surface area contributed by atoms with Gasteiger partial charge in [-0.2, -0.15) is 0 Å². The zero-order valence-electron chi connectivity index (χ0n) is 14.1. The van der Waals surface area contributed by atoms with Crippen LogP contribution in [0.2, 0.25) is 0 Å². The maximum Gasteiger partial charge on any atom is 0.121 e. The molecule has 0 saturated carbocycles. The second-order valence-electron chi connectivity index (χ2n) is 5.94. The van der Waals surface area contributed by atoms with Gasteiger partial charge in [-0.15, -0.1) is 11.3 Å². The number of hydrogen-bond acceptors (Lipinski definition) is 4. The number of ether oxygens (including phenoxy) is 1. The van der Waals surface area contributed by atoms with Crippen molar-refractivity contribution in [2.24, 2.45) is 0 Å². The molecule has 2 aromatic carbocycles. The normalized spacial score (nSPS) is 10.8. The molecular weight excluding hydrogens is 328 g/mol. The molecule has 0 bridgehead atoms. The minimum atomic E-state index is 0.837. The number of aryl methyl sites for hydroxylation is 1. The number of benzene rings is 2. The first kappa shape index (κ1) is 15.7. The molecule has 2 aromatic heterocycles. The van der Waals surface area contributed by atoms with Crippen LogP contribution in [-0.2, 0) is 0 Å². The zero-order valence-corrected chi connectivity index (χ0v) is 14.9. The van der Waals surface area contributed by atoms with Gasteiger partial charge in [0.05, 0.1) is 12.6 Å². The van der Waals surface area contributed by atoms with Crippen molar-refractivity contribution in [3.8, 4) is 16.2 Å². The Morgan fingerprint density at radius 2 is 1.92 bits per heavy atom. The minimum Gasteiger partial charge on any atom is -0.497 e. The van der Waals surface area contributed by atoms with Crippen molar-refractivity contribution in [2.75, 3.05) is 12.4 Å². The summed E-state index contributed by atoms with van der Waals surface area (Å²) in [6.45, 7) is 2.11. The van der Waals surface area contributed by atoms with E-state index in [2.05, 4.69) is 46.9 Å². The van der Waals surface area contributed by atoms with Crippen molar-refractivity contribution in [1.82, 2.24) is 4.98 Å². The SMILES string of the molecule is COc1cc(Nc2ccnc3ccccc23)cc(-c2cc(C)cs2)c1. The highest BCUT2D eigenvalue weighted by atomic mass is 32.1. The third-order valence-electron chi connectivity index (χ3n) is 4.09. The van der Waals surface area contributed by atoms with E-state index in [4.69, 9.17) is 4.74 Å². The largest absolute Gasteiger partial charge is 0.497 e. The van der Waals surface area contributed by atoms with Crippen molar-refractivity contribution < 1.29 is 4.74 Å². The summed E-state index contributed by atoms with van der Waals surface area (Å²) in [4.78, 5) is 5.66. The van der Waals surface area contributed by atoms with E-state index >= 15 is 0 Å². The molecule has 0 amide bonds. The van der Waals surface area contributed by atoms with Crippen LogP contribution in [-0.4, -0.2) is 12.1 Å². The predicted octanol–water partition coefficient (Wildman–Crippen LogP) is 6.02. The van der Waals surface area contributed by atoms with E-state index in [1.54, 1.807) is 18.4 Å². The smallest absolute Gasteiger partial charge is 0.121 e. The molecule has 0 unspecified atom stereocenters. The van der Waals surface area contributed by atoms with Gasteiger partial charge >= 0.3 is 0 Å². The molecule has 0 fully saturated rings. The molecular formula is C21H18N2OS. The van der Waals surface area contributed by atoms with Crippen molar-refractivity contribution in [1.29, 1.82) is 0 Å². The number of nitrogens with zero attached hydrogens (tertiary/aromatic N) is 1. The number of pyridine rings is 1. The molecule has 4 heteroatoms. The van der Waals surface area contributed by atoms with Gasteiger partial charge in [0, 0.05) is 33.9 Å². The highest BCUT2D eigenvalue weighted by Crippen LogP contribution is 2.34. The second-order valence-corrected chi connectivity index (χ2v) is 6.85. The lowest BCUT2D eigenvalue weighted by atomic mass is 10.1. The van der Waals surface area contributed by atoms with Gasteiger partial charge in [0.25, 0.3) is 0 Å². The first-order chi connectivity index (χ1) is 12.2. The highest BCUT2D eigenvalue weighted by molar-refractivity contribution is 7.13. The number of aromatic nitrogens is 1. The Balaban J connectivity index is 1.77. The highest BCUT2D eigenvalue weighted by Gasteiger charge is 2.08. The van der Waals surface area contributed by atoms with Crippen molar-refractivity contribution in [2.45, 2.75) is 6.92 Å². The quantitative estimate of drug-likeness (QED) is 0.490. The number of anilines is 2. The lowest BCUT2D eigenvalue weighted by molar-refractivity contribution is 0.415. The van der Waals surface area contributed by atoms with Crippen LogP contribution in [0, 0.1) is 6.92 Å². The maximum atomic E-state index is 5.50. The third-order valence-corrected chi connectivity index (χ3v) is 5.18. The standard InChI is InChI=1S/C21H18N2OS/c1-14-9-21(25-13-14)15-10-16(12-17(11-15)24-2)23-20-7-8-22-19-6-4-3-5-18(19)20/h3-13H,1-2H3,(H,22,23). The molecule has 3 nitrogen and oxygen atoms in total. The molecule has 124 valence electrons. The average molecular weight is 346 g/mol. The van der Waals surface area contributed by atoms with Crippen LogP contribution in [0.5, 0.6) is 5.75 Å². The Bertz CT molecular complexity index is 1030. The van der Waals surface area contributed by atoms with Crippen LogP contribution in [0.1, 0.15) is 5.56 Å². The van der Waals surface area contributed by atoms with E-state index in [1.807, 2.05) is 36.5 Å². The molecule has 4 aromatic rings. The van der Waals surface area contributed by atoms with E-state index in [0.29, 0.717) is 0 Å². The van der Waals surface area contributed by atoms with Crippen LogP contribution in [0.25, 0.3) is 21.3 Å². The average Bonchev–Trinajstić information content (AvgIpc) is 3.08. The van der Waals surface area contributed by atoms with E-state index in [9.17, 15) is 0 Å². The fourth-order valence-corrected chi connectivity index (χ4v) is 3.76. The third kappa shape index (κ3) is 3.21. The van der Waals surface area contributed by atoms with Crippen LogP contribution >= 0.6 is 11.3 Å². The molecule has 2 heterocycles. The lowest BCUT2D eigenvalue weighted by Crippen LogP contribution is -1.94. The number of fused-ring (bicyclic) bond motifs is 1. The molecule has 0 saturated heterocycles. The van der Waals surface area contributed by atoms with Crippen molar-refractivity contribution in [3.63, 3.8) is 0 Å². The van der Waals surface area contributed by atoms with E-state index in [-0.39, 0.29) is 0 Å². The molecule has 0 aliphatic rings. The predicted molar refractivity (Wildman–Crippen MR) is 106 cm³/mol. The maximum absolute atomic E-state index is 5.50. The van der Waals surface area contributed by atoms with Gasteiger partial charge in [0.2, 0.25) is 0 Å². The van der Waals surface area contributed by atoms with E-state index in [1.165, 1.54) is 10.4 Å². The second kappa shape index (κ2) is 6.57. The van der Waals surface area contributed by atoms with E-state index in [0.717, 1.165) is 33.6 Å². The minimum absolute atomic E-state index is 0.837. The Morgan fingerprint density at radius 3 is 2.72 bits per heavy atom. The molecule has 0 atom stereocenters. The fraction of sp³-hybridized carbons (Fsp3) is 0.0952. The van der Waals surface area contributed by atoms with Gasteiger partial charge in [-0.3, -0.25) is 4.98 Å². The number of para-hydroxylation sites is 1. The summed E-state index contributed by atoms with van der Waals surface area (Å²) < 4.78 is 5.50. The van der Waals surface area contributed by atoms with Gasteiger partial charge in [-0.25, -0.2) is 0 Å². The molecule has 0 aliphatic heterocycles. The van der Waals surface area contributed by atoms with Gasteiger partial charge < -0.3 is 10.1 Å². The summed E-state index contributed by atoms with van der Waals surface area (Å²) in [6, 6.07) is 18.6. The van der Waals surface area contributed by atoms with Crippen LogP contribution < -0.4 is 10.1 Å². The molecule has 0 radical (unpaired) electrons. The van der Waals surface area contributed by atoms with Crippen LogP contribution in [0.4, 0.5) is 11.4 Å². The molecule has 1 N–H and O–H groups in total. The van der Waals surface area contributed by atoms with Crippen LogP contribution in [0.15, 0.2) is 66.2 Å². The van der Waals surface area contributed by atoms with Gasteiger partial charge in [0.1, 0.15) is 5.75 Å². The summed E-state index contributed by atoms with van der Waals surface area (Å²) in [5, 5.41) is 6.79. The summed E-state index contributed by atoms with van der Waals surface area (Å²) in [7, 11) is 1.70. The Hall–Kier alpha value is -2.85.